The molecule has 0 aromatic carbocycles. The van der Waals surface area contributed by atoms with E-state index in [2.05, 4.69) is 30.8 Å². The van der Waals surface area contributed by atoms with Crippen LogP contribution in [-0.4, -0.2) is 24.7 Å². The van der Waals surface area contributed by atoms with Crippen molar-refractivity contribution in [3.8, 4) is 0 Å². The molecule has 0 amide bonds. The molecule has 27 heavy (non-hydrogen) atoms. The summed E-state index contributed by atoms with van der Waals surface area (Å²) in [4.78, 5) is 28.0. The number of isocyanates is 2. The van der Waals surface area contributed by atoms with E-state index in [1.807, 2.05) is 0 Å². The molecule has 0 aliphatic heterocycles. The maximum absolute atomic E-state index is 10.3. The highest BCUT2D eigenvalue weighted by atomic mass is 16.1. The number of rotatable bonds is 3. The van der Waals surface area contributed by atoms with E-state index in [-0.39, 0.29) is 84.5 Å². The van der Waals surface area contributed by atoms with E-state index in [4.69, 9.17) is 0 Å². The second-order valence-electron chi connectivity index (χ2n) is 5.84. The van der Waals surface area contributed by atoms with Gasteiger partial charge in [0, 0.05) is 0 Å². The van der Waals surface area contributed by atoms with E-state index in [9.17, 15) is 9.59 Å². The Labute approximate surface area is 163 Å². The van der Waals surface area contributed by atoms with Crippen molar-refractivity contribution < 1.29 is 9.59 Å². The van der Waals surface area contributed by atoms with E-state index >= 15 is 0 Å². The first-order chi connectivity index (χ1) is 7.41. The van der Waals surface area contributed by atoms with E-state index in [1.165, 1.54) is 0 Å². The van der Waals surface area contributed by atoms with Gasteiger partial charge in [-0.1, -0.05) is 20.8 Å². The van der Waals surface area contributed by atoms with Crippen molar-refractivity contribution >= 4 is 12.2 Å². The highest BCUT2D eigenvalue weighted by molar-refractivity contribution is 5.34. The van der Waals surface area contributed by atoms with Crippen LogP contribution >= 0.6 is 0 Å². The molecule has 0 spiro atoms. The maximum Gasteiger partial charge on any atom is 0.235 e. The number of carbonyl (C=O) groups excluding carboxylic acids is 2. The van der Waals surface area contributed by atoms with Gasteiger partial charge in [0.25, 0.3) is 0 Å². The lowest BCUT2D eigenvalue weighted by molar-refractivity contribution is 0.0915. The second kappa shape index (κ2) is 29.1. The fourth-order valence-corrected chi connectivity index (χ4v) is 3.09. The van der Waals surface area contributed by atoms with Gasteiger partial charge in [-0.15, -0.1) is 0 Å². The van der Waals surface area contributed by atoms with E-state index < -0.39 is 0 Å². The van der Waals surface area contributed by atoms with Crippen molar-refractivity contribution in [3.63, 3.8) is 0 Å². The molecule has 1 aliphatic carbocycles. The van der Waals surface area contributed by atoms with Crippen molar-refractivity contribution in [1.82, 2.24) is 67.7 Å². The molecule has 33 N–H and O–H groups in total. The van der Waals surface area contributed by atoms with Gasteiger partial charge in [0.2, 0.25) is 12.2 Å². The van der Waals surface area contributed by atoms with E-state index in [0.717, 1.165) is 19.3 Å². The third-order valence-corrected chi connectivity index (χ3v) is 3.18. The summed E-state index contributed by atoms with van der Waals surface area (Å²) < 4.78 is 0. The van der Waals surface area contributed by atoms with Crippen molar-refractivity contribution in [1.29, 1.82) is 0 Å². The van der Waals surface area contributed by atoms with E-state index in [1.54, 1.807) is 12.2 Å². The number of hydrogen-bond acceptors (Lipinski definition) is 15. The highest BCUT2D eigenvalue weighted by Gasteiger charge is 2.41. The molecular weight excluding hydrogens is 358 g/mol. The Morgan fingerprint density at radius 1 is 0.741 bits per heavy atom. The Morgan fingerprint density at radius 2 is 1.15 bits per heavy atom. The Bertz CT molecular complexity index is 370. The van der Waals surface area contributed by atoms with Crippen LogP contribution in [0, 0.1) is 10.8 Å². The normalized spacial score (nSPS) is 19.1. The first-order valence-electron chi connectivity index (χ1n) is 5.51. The summed E-state index contributed by atoms with van der Waals surface area (Å²) in [5.74, 6) is 0. The molecule has 15 nitrogen and oxygen atoms in total. The van der Waals surface area contributed by atoms with Gasteiger partial charge >= 0.3 is 0 Å². The highest BCUT2D eigenvalue weighted by Crippen LogP contribution is 2.47. The molecule has 1 aliphatic rings. The fraction of sp³-hybridized carbons (Fsp3) is 0.833. The Morgan fingerprint density at radius 3 is 1.48 bits per heavy atom. The molecule has 15 heteroatoms. The minimum atomic E-state index is -0.0653. The Hall–Kier alpha value is -1.68. The van der Waals surface area contributed by atoms with Crippen molar-refractivity contribution in [2.75, 3.05) is 6.54 Å². The summed E-state index contributed by atoms with van der Waals surface area (Å²) in [5, 5.41) is 0. The van der Waals surface area contributed by atoms with Gasteiger partial charge in [-0.25, -0.2) is 19.6 Å². The van der Waals surface area contributed by atoms with Crippen LogP contribution in [0.15, 0.2) is 9.98 Å². The van der Waals surface area contributed by atoms with Crippen molar-refractivity contribution in [2.24, 2.45) is 20.8 Å². The van der Waals surface area contributed by atoms with Crippen LogP contribution in [0.1, 0.15) is 40.0 Å². The number of aliphatic imine (C=N–C) groups is 2. The molecule has 0 saturated heterocycles. The van der Waals surface area contributed by atoms with Gasteiger partial charge in [0.15, 0.2) is 0 Å². The van der Waals surface area contributed by atoms with E-state index in [0.29, 0.717) is 6.54 Å². The average molecular weight is 410 g/mol. The van der Waals surface area contributed by atoms with Gasteiger partial charge in [-0.3, -0.25) is 0 Å². The molecular formula is C12H51N13O2. The molecule has 1 rings (SSSR count). The monoisotopic (exact) mass is 409 g/mol. The molecule has 0 aromatic heterocycles. The standard InChI is InChI=1S/C12H18N2O2.11H3N/c1-11(2)4-10(14-9-16)5-12(3,6-11)7-13-8-15;;;;;;;;;;;/h10H,4-7H2,1-3H3;11*1H3. The SMILES string of the molecule is CC1(C)CC(N=C=O)CC(C)(CN=C=O)C1.N.N.N.N.N.N.N.N.N.N.N. The predicted octanol–water partition coefficient (Wildman–Crippen LogP) is 4.03. The smallest absolute Gasteiger partial charge is 0.235 e. The van der Waals surface area contributed by atoms with Crippen LogP contribution in [0.3, 0.4) is 0 Å². The van der Waals surface area contributed by atoms with Crippen LogP contribution in [0.2, 0.25) is 0 Å². The summed E-state index contributed by atoms with van der Waals surface area (Å²) >= 11 is 0. The molecule has 0 bridgehead atoms. The molecule has 2 unspecified atom stereocenters. The number of hydrogen-bond donors (Lipinski definition) is 11. The molecule has 1 saturated carbocycles. The topological polar surface area (TPSA) is 444 Å². The predicted molar refractivity (Wildman–Crippen MR) is 116 cm³/mol. The van der Waals surface area contributed by atoms with Crippen LogP contribution in [-0.2, 0) is 9.59 Å². The summed E-state index contributed by atoms with van der Waals surface area (Å²) in [6.45, 7) is 6.86. The van der Waals surface area contributed by atoms with Crippen molar-refractivity contribution in [2.45, 2.75) is 46.1 Å². The van der Waals surface area contributed by atoms with Crippen molar-refractivity contribution in [3.05, 3.63) is 0 Å². The molecule has 0 radical (unpaired) electrons. The molecule has 2 atom stereocenters. The summed E-state index contributed by atoms with van der Waals surface area (Å²) in [7, 11) is 0. The average Bonchev–Trinajstić information content (AvgIpc) is 2.12. The lowest BCUT2D eigenvalue weighted by atomic mass is 9.63. The molecule has 0 heterocycles. The first-order valence-corrected chi connectivity index (χ1v) is 5.51. The van der Waals surface area contributed by atoms with Crippen LogP contribution < -0.4 is 67.7 Å². The fourth-order valence-electron chi connectivity index (χ4n) is 3.09. The largest absolute Gasteiger partial charge is 0.344 e. The van der Waals surface area contributed by atoms with Crippen LogP contribution in [0.25, 0.3) is 0 Å². The minimum Gasteiger partial charge on any atom is -0.344 e. The van der Waals surface area contributed by atoms with Crippen LogP contribution in [0.5, 0.6) is 0 Å². The maximum atomic E-state index is 10.3. The second-order valence-corrected chi connectivity index (χ2v) is 5.84. The lowest BCUT2D eigenvalue weighted by Crippen LogP contribution is -2.39. The zero-order valence-electron chi connectivity index (χ0n) is 17.9. The Kier molecular flexibility index (Phi) is 78.7. The van der Waals surface area contributed by atoms with Gasteiger partial charge < -0.3 is 67.7 Å². The van der Waals surface area contributed by atoms with Gasteiger partial charge in [-0.2, -0.15) is 0 Å². The zero-order valence-corrected chi connectivity index (χ0v) is 17.9. The third kappa shape index (κ3) is 24.3. The molecule has 176 valence electrons. The zero-order chi connectivity index (χ0) is 12.2. The quantitative estimate of drug-likeness (QED) is 0.231. The summed E-state index contributed by atoms with van der Waals surface area (Å²) in [6.07, 6.45) is 5.88. The molecule has 1 fully saturated rings. The lowest BCUT2D eigenvalue weighted by Gasteiger charge is -2.44. The summed E-state index contributed by atoms with van der Waals surface area (Å²) in [5.41, 5.74) is 0.0561. The van der Waals surface area contributed by atoms with Gasteiger partial charge in [0.1, 0.15) is 0 Å². The minimum absolute atomic E-state index is 0. The van der Waals surface area contributed by atoms with Gasteiger partial charge in [-0.05, 0) is 30.1 Å². The molecule has 0 aromatic rings. The summed E-state index contributed by atoms with van der Waals surface area (Å²) in [6, 6.07) is 0.00750. The third-order valence-electron chi connectivity index (χ3n) is 3.18. The van der Waals surface area contributed by atoms with Crippen LogP contribution in [0.4, 0.5) is 0 Å². The number of nitrogens with zero attached hydrogens (tertiary/aromatic N) is 2. The Balaban J connectivity index is -0.0000000259. The van der Waals surface area contributed by atoms with Gasteiger partial charge in [0.05, 0.1) is 12.6 Å². The first kappa shape index (κ1) is 73.0.